The molecule has 0 spiro atoms. The van der Waals surface area contributed by atoms with Gasteiger partial charge in [-0.2, -0.15) is 8.78 Å². The molecule has 9 heteroatoms. The smallest absolute Gasteiger partial charge is 0.340 e. The molecule has 0 atom stereocenters. The van der Waals surface area contributed by atoms with Gasteiger partial charge in [-0.3, -0.25) is 9.78 Å². The molecule has 38 heavy (non-hydrogen) atoms. The Morgan fingerprint density at radius 2 is 1.61 bits per heavy atom. The molecule has 2 N–H and O–H groups in total. The Balaban J connectivity index is 1.47. The monoisotopic (exact) mass is 523 g/mol. The zero-order chi connectivity index (χ0) is 27.0. The van der Waals surface area contributed by atoms with Gasteiger partial charge in [-0.05, 0) is 65.7 Å². The maximum absolute atomic E-state index is 13.4. The summed E-state index contributed by atoms with van der Waals surface area (Å²) in [6.45, 7) is -0.828. The van der Waals surface area contributed by atoms with Gasteiger partial charge in [0.1, 0.15) is 5.75 Å². The van der Waals surface area contributed by atoms with E-state index in [0.717, 1.165) is 23.4 Å². The summed E-state index contributed by atoms with van der Waals surface area (Å²) in [5.74, 6) is -4.94. The number of nitrogens with zero attached hydrogens (tertiary/aromatic N) is 1. The van der Waals surface area contributed by atoms with Gasteiger partial charge < -0.3 is 15.4 Å². The van der Waals surface area contributed by atoms with E-state index in [2.05, 4.69) is 15.6 Å². The van der Waals surface area contributed by atoms with Gasteiger partial charge in [0.25, 0.3) is 5.91 Å². The molecule has 3 aromatic carbocycles. The van der Waals surface area contributed by atoms with Crippen LogP contribution < -0.4 is 15.4 Å². The topological polar surface area (TPSA) is 63.2 Å². The Morgan fingerprint density at radius 3 is 2.29 bits per heavy atom. The van der Waals surface area contributed by atoms with Crippen LogP contribution in [-0.4, -0.2) is 36.4 Å². The Bertz CT molecular complexity index is 1340. The maximum Gasteiger partial charge on any atom is 0.340 e. The van der Waals surface area contributed by atoms with E-state index in [1.807, 2.05) is 36.4 Å². The maximum atomic E-state index is 13.4. The molecule has 0 radical (unpaired) electrons. The summed E-state index contributed by atoms with van der Waals surface area (Å²) in [7, 11) is 0. The highest BCUT2D eigenvalue weighted by molar-refractivity contribution is 6.09. The molecule has 196 valence electrons. The molecule has 0 bridgehead atoms. The number of benzene rings is 3. The fraction of sp³-hybridized carbons (Fsp3) is 0.172. The van der Waals surface area contributed by atoms with Crippen molar-refractivity contribution in [3.8, 4) is 16.9 Å². The van der Waals surface area contributed by atoms with E-state index in [0.29, 0.717) is 17.8 Å². The molecular weight excluding hydrogens is 498 g/mol. The Hall–Kier alpha value is -4.40. The minimum Gasteiger partial charge on any atom is -0.487 e. The number of nitrogens with one attached hydrogen (secondary N) is 2. The van der Waals surface area contributed by atoms with E-state index in [4.69, 9.17) is 4.74 Å². The van der Waals surface area contributed by atoms with Crippen molar-refractivity contribution in [2.45, 2.75) is 18.8 Å². The molecular formula is C29H25F4N3O2. The van der Waals surface area contributed by atoms with Gasteiger partial charge in [0.2, 0.25) is 0 Å². The SMILES string of the molecule is O=C(Nc1ccc(NCCc2ccccn2)cc1)c1cc(OCC(F)(F)C(F)F)ccc1-c1ccccc1. The fourth-order valence-corrected chi connectivity index (χ4v) is 3.66. The normalized spacial score (nSPS) is 11.3. The second-order valence-electron chi connectivity index (χ2n) is 8.45. The summed E-state index contributed by atoms with van der Waals surface area (Å²) in [5.41, 5.74) is 3.74. The standard InChI is InChI=1S/C29H25F4N3O2/c30-28(31)29(32,33)19-38-24-13-14-25(20-6-2-1-3-7-20)26(18-24)27(37)36-23-11-9-22(10-12-23)35-17-15-21-8-4-5-16-34-21/h1-14,16,18,28,35H,15,17,19H2,(H,36,37). The summed E-state index contributed by atoms with van der Waals surface area (Å²) >= 11 is 0. The van der Waals surface area contributed by atoms with E-state index in [9.17, 15) is 22.4 Å². The van der Waals surface area contributed by atoms with Crippen LogP contribution in [0.25, 0.3) is 11.1 Å². The van der Waals surface area contributed by atoms with E-state index >= 15 is 0 Å². The van der Waals surface area contributed by atoms with Crippen LogP contribution in [0.2, 0.25) is 0 Å². The lowest BCUT2D eigenvalue weighted by Crippen LogP contribution is -2.33. The van der Waals surface area contributed by atoms with Gasteiger partial charge in [0, 0.05) is 36.2 Å². The van der Waals surface area contributed by atoms with E-state index in [1.165, 1.54) is 18.2 Å². The van der Waals surface area contributed by atoms with Crippen molar-refractivity contribution in [3.63, 3.8) is 0 Å². The molecule has 0 fully saturated rings. The van der Waals surface area contributed by atoms with E-state index < -0.39 is 24.9 Å². The number of carbonyl (C=O) groups excluding carboxylic acids is 1. The third kappa shape index (κ3) is 7.09. The molecule has 0 saturated carbocycles. The quantitative estimate of drug-likeness (QED) is 0.209. The van der Waals surface area contributed by atoms with Crippen LogP contribution in [0.3, 0.4) is 0 Å². The average Bonchev–Trinajstić information content (AvgIpc) is 2.94. The van der Waals surface area contributed by atoms with Crippen LogP contribution in [0.1, 0.15) is 16.1 Å². The first kappa shape index (κ1) is 26.7. The third-order valence-electron chi connectivity index (χ3n) is 5.65. The summed E-state index contributed by atoms with van der Waals surface area (Å²) in [6, 6.07) is 26.0. The van der Waals surface area contributed by atoms with Crippen LogP contribution >= 0.6 is 0 Å². The van der Waals surface area contributed by atoms with Crippen molar-refractivity contribution in [1.82, 2.24) is 4.98 Å². The van der Waals surface area contributed by atoms with Crippen molar-refractivity contribution < 1.29 is 27.1 Å². The molecule has 5 nitrogen and oxygen atoms in total. The number of anilines is 2. The van der Waals surface area contributed by atoms with Crippen molar-refractivity contribution in [1.29, 1.82) is 0 Å². The fourth-order valence-electron chi connectivity index (χ4n) is 3.66. The number of pyridine rings is 1. The number of halogens is 4. The Morgan fingerprint density at radius 1 is 0.895 bits per heavy atom. The highest BCUT2D eigenvalue weighted by Crippen LogP contribution is 2.30. The van der Waals surface area contributed by atoms with Gasteiger partial charge in [0.15, 0.2) is 6.61 Å². The van der Waals surface area contributed by atoms with Gasteiger partial charge in [-0.15, -0.1) is 0 Å². The number of amides is 1. The molecule has 1 amide bonds. The summed E-state index contributed by atoms with van der Waals surface area (Å²) < 4.78 is 56.7. The number of hydrogen-bond donors (Lipinski definition) is 2. The first-order valence-electron chi connectivity index (χ1n) is 11.9. The molecule has 4 rings (SSSR count). The van der Waals surface area contributed by atoms with Crippen LogP contribution in [0, 0.1) is 0 Å². The van der Waals surface area contributed by atoms with Gasteiger partial charge in [-0.25, -0.2) is 8.78 Å². The minimum atomic E-state index is -4.31. The minimum absolute atomic E-state index is 0.123. The Kier molecular flexibility index (Phi) is 8.58. The molecule has 0 aliphatic carbocycles. The third-order valence-corrected chi connectivity index (χ3v) is 5.65. The number of hydrogen-bond acceptors (Lipinski definition) is 4. The van der Waals surface area contributed by atoms with Crippen molar-refractivity contribution in [2.75, 3.05) is 23.8 Å². The Labute approximate surface area is 217 Å². The predicted octanol–water partition coefficient (Wildman–Crippen LogP) is 6.93. The predicted molar refractivity (Wildman–Crippen MR) is 139 cm³/mol. The average molecular weight is 524 g/mol. The lowest BCUT2D eigenvalue weighted by molar-refractivity contribution is -0.148. The lowest BCUT2D eigenvalue weighted by atomic mass is 9.98. The molecule has 1 heterocycles. The molecule has 0 aliphatic heterocycles. The van der Waals surface area contributed by atoms with Gasteiger partial charge in [-0.1, -0.05) is 36.4 Å². The van der Waals surface area contributed by atoms with E-state index in [1.54, 1.807) is 42.6 Å². The number of carbonyl (C=O) groups is 1. The lowest BCUT2D eigenvalue weighted by Gasteiger charge is -2.17. The molecule has 0 unspecified atom stereocenters. The summed E-state index contributed by atoms with van der Waals surface area (Å²) in [5, 5.41) is 6.09. The number of alkyl halides is 4. The first-order chi connectivity index (χ1) is 18.3. The highest BCUT2D eigenvalue weighted by Gasteiger charge is 2.41. The van der Waals surface area contributed by atoms with Crippen LogP contribution in [-0.2, 0) is 6.42 Å². The number of ether oxygens (including phenoxy) is 1. The first-order valence-corrected chi connectivity index (χ1v) is 11.9. The van der Waals surface area contributed by atoms with E-state index in [-0.39, 0.29) is 11.3 Å². The van der Waals surface area contributed by atoms with Gasteiger partial charge in [0.05, 0.1) is 5.56 Å². The van der Waals surface area contributed by atoms with Crippen LogP contribution in [0.15, 0.2) is 97.2 Å². The van der Waals surface area contributed by atoms with Crippen molar-refractivity contribution >= 4 is 17.3 Å². The zero-order valence-electron chi connectivity index (χ0n) is 20.2. The summed E-state index contributed by atoms with van der Waals surface area (Å²) in [4.78, 5) is 17.5. The molecule has 0 aliphatic rings. The number of aromatic nitrogens is 1. The molecule has 1 aromatic heterocycles. The van der Waals surface area contributed by atoms with Crippen LogP contribution in [0.5, 0.6) is 5.75 Å². The van der Waals surface area contributed by atoms with Gasteiger partial charge >= 0.3 is 12.3 Å². The second kappa shape index (κ2) is 12.2. The molecule has 0 saturated heterocycles. The van der Waals surface area contributed by atoms with Crippen molar-refractivity contribution in [3.05, 3.63) is 108 Å². The zero-order valence-corrected chi connectivity index (χ0v) is 20.2. The summed E-state index contributed by atoms with van der Waals surface area (Å²) in [6.07, 6.45) is -1.36. The highest BCUT2D eigenvalue weighted by atomic mass is 19.3. The molecule has 4 aromatic rings. The number of rotatable bonds is 11. The second-order valence-corrected chi connectivity index (χ2v) is 8.45. The largest absolute Gasteiger partial charge is 0.487 e. The van der Waals surface area contributed by atoms with Crippen LogP contribution in [0.4, 0.5) is 28.9 Å². The van der Waals surface area contributed by atoms with Crippen molar-refractivity contribution in [2.24, 2.45) is 0 Å².